The predicted molar refractivity (Wildman–Crippen MR) is 102 cm³/mol. The summed E-state index contributed by atoms with van der Waals surface area (Å²) in [4.78, 5) is 31.8. The first-order valence-electron chi connectivity index (χ1n) is 9.14. The summed E-state index contributed by atoms with van der Waals surface area (Å²) in [6, 6.07) is 0. The second-order valence-electron chi connectivity index (χ2n) is 5.94. The molecule has 10 heteroatoms. The van der Waals surface area contributed by atoms with Gasteiger partial charge in [-0.1, -0.05) is 32.4 Å². The molecular weight excluding hydrogens is 388 g/mol. The van der Waals surface area contributed by atoms with Gasteiger partial charge in [-0.05, 0) is 12.8 Å². The van der Waals surface area contributed by atoms with Crippen molar-refractivity contribution in [2.75, 3.05) is 6.61 Å². The zero-order chi connectivity index (χ0) is 22.7. The van der Waals surface area contributed by atoms with Crippen LogP contribution in [0.4, 0.5) is 0 Å². The SMILES string of the molecule is C=COC(=O)CCCCCCCC(=O)OC=C.O=C[C@H](O)[C@@H](O)[C@H](O)[C@H](O)CO. The van der Waals surface area contributed by atoms with E-state index in [0.717, 1.165) is 44.6 Å². The number of hydrogen-bond acceptors (Lipinski definition) is 10. The summed E-state index contributed by atoms with van der Waals surface area (Å²) in [7, 11) is 0. The van der Waals surface area contributed by atoms with E-state index >= 15 is 0 Å². The average molecular weight is 420 g/mol. The van der Waals surface area contributed by atoms with Crippen molar-refractivity contribution in [3.63, 3.8) is 0 Å². The molecule has 0 saturated carbocycles. The molecule has 0 rings (SSSR count). The maximum absolute atomic E-state index is 10.9. The van der Waals surface area contributed by atoms with E-state index in [2.05, 4.69) is 22.6 Å². The standard InChI is InChI=1S/C13H20O4.C6H12O6/c1-3-16-12(14)10-8-6-5-7-9-11-13(15)17-4-2;7-1-3(9)5(11)6(12)4(10)2-8/h3-4H,1-2,5-11H2;1,3-6,8-12H,2H2/t;3-,4+,5+,6+/m.0/s1. The van der Waals surface area contributed by atoms with Crippen LogP contribution in [0, 0.1) is 0 Å². The maximum Gasteiger partial charge on any atom is 0.310 e. The van der Waals surface area contributed by atoms with Crippen molar-refractivity contribution in [1.29, 1.82) is 0 Å². The van der Waals surface area contributed by atoms with Crippen LogP contribution >= 0.6 is 0 Å². The van der Waals surface area contributed by atoms with E-state index in [1.54, 1.807) is 0 Å². The van der Waals surface area contributed by atoms with Gasteiger partial charge in [-0.25, -0.2) is 0 Å². The molecule has 0 aliphatic heterocycles. The summed E-state index contributed by atoms with van der Waals surface area (Å²) in [5.74, 6) is -0.482. The zero-order valence-corrected chi connectivity index (χ0v) is 16.4. The molecule has 0 aromatic rings. The Balaban J connectivity index is 0. The minimum atomic E-state index is -1.79. The first-order valence-corrected chi connectivity index (χ1v) is 9.14. The average Bonchev–Trinajstić information content (AvgIpc) is 2.71. The van der Waals surface area contributed by atoms with Gasteiger partial charge in [0, 0.05) is 12.8 Å². The van der Waals surface area contributed by atoms with Crippen LogP contribution in [0.25, 0.3) is 0 Å². The van der Waals surface area contributed by atoms with Crippen LogP contribution in [0.3, 0.4) is 0 Å². The first kappa shape index (κ1) is 29.1. The molecule has 0 aromatic heterocycles. The molecule has 0 aromatic carbocycles. The van der Waals surface area contributed by atoms with Crippen molar-refractivity contribution in [3.05, 3.63) is 25.7 Å². The van der Waals surface area contributed by atoms with Gasteiger partial charge < -0.3 is 39.8 Å². The maximum atomic E-state index is 10.9. The van der Waals surface area contributed by atoms with Crippen LogP contribution in [-0.4, -0.2) is 74.8 Å². The highest BCUT2D eigenvalue weighted by Crippen LogP contribution is 2.08. The highest BCUT2D eigenvalue weighted by atomic mass is 16.5. The van der Waals surface area contributed by atoms with Gasteiger partial charge in [0.15, 0.2) is 6.29 Å². The Hall–Kier alpha value is -2.11. The summed E-state index contributed by atoms with van der Waals surface area (Å²) in [6.07, 6.45) is 0.839. The topological polar surface area (TPSA) is 171 Å². The third-order valence-corrected chi connectivity index (χ3v) is 3.61. The Morgan fingerprint density at radius 2 is 1.21 bits per heavy atom. The van der Waals surface area contributed by atoms with Crippen LogP contribution in [0.5, 0.6) is 0 Å². The molecule has 0 amide bonds. The van der Waals surface area contributed by atoms with E-state index in [4.69, 9.17) is 25.5 Å². The molecule has 0 aliphatic rings. The highest BCUT2D eigenvalue weighted by Gasteiger charge is 2.29. The van der Waals surface area contributed by atoms with E-state index in [1.165, 1.54) is 0 Å². The number of carbonyl (C=O) groups is 3. The monoisotopic (exact) mass is 420 g/mol. The fraction of sp³-hybridized carbons (Fsp3) is 0.632. The summed E-state index contributed by atoms with van der Waals surface area (Å²) < 4.78 is 9.16. The molecular formula is C19H32O10. The van der Waals surface area contributed by atoms with Gasteiger partial charge in [-0.3, -0.25) is 9.59 Å². The van der Waals surface area contributed by atoms with Crippen molar-refractivity contribution in [2.45, 2.75) is 69.4 Å². The van der Waals surface area contributed by atoms with Crippen LogP contribution in [0.15, 0.2) is 25.7 Å². The Labute approximate surface area is 170 Å². The van der Waals surface area contributed by atoms with Gasteiger partial charge >= 0.3 is 11.9 Å². The van der Waals surface area contributed by atoms with Crippen molar-refractivity contribution in [1.82, 2.24) is 0 Å². The Bertz CT molecular complexity index is 454. The Kier molecular flexibility index (Phi) is 19.3. The van der Waals surface area contributed by atoms with Gasteiger partial charge in [0.1, 0.15) is 24.4 Å². The highest BCUT2D eigenvalue weighted by molar-refractivity contribution is 5.70. The number of aliphatic hydroxyl groups excluding tert-OH is 5. The molecule has 0 saturated heterocycles. The summed E-state index contributed by atoms with van der Waals surface area (Å²) in [5.41, 5.74) is 0. The molecule has 0 unspecified atom stereocenters. The first-order chi connectivity index (χ1) is 13.7. The number of aldehydes is 1. The van der Waals surface area contributed by atoms with Crippen molar-refractivity contribution in [3.8, 4) is 0 Å². The van der Waals surface area contributed by atoms with Crippen LogP contribution in [-0.2, 0) is 23.9 Å². The molecule has 0 spiro atoms. The molecule has 4 atom stereocenters. The zero-order valence-electron chi connectivity index (χ0n) is 16.4. The second-order valence-corrected chi connectivity index (χ2v) is 5.94. The third kappa shape index (κ3) is 16.5. The Morgan fingerprint density at radius 1 is 0.793 bits per heavy atom. The number of hydrogen-bond donors (Lipinski definition) is 5. The number of unbranched alkanes of at least 4 members (excludes halogenated alkanes) is 4. The van der Waals surface area contributed by atoms with Crippen LogP contribution < -0.4 is 0 Å². The molecule has 0 bridgehead atoms. The summed E-state index contributed by atoms with van der Waals surface area (Å²) in [5, 5.41) is 43.5. The lowest BCUT2D eigenvalue weighted by Crippen LogP contribution is -2.46. The van der Waals surface area contributed by atoms with Gasteiger partial charge in [0.05, 0.1) is 19.1 Å². The van der Waals surface area contributed by atoms with E-state index in [-0.39, 0.29) is 18.2 Å². The Morgan fingerprint density at radius 3 is 1.55 bits per heavy atom. The van der Waals surface area contributed by atoms with Crippen LogP contribution in [0.1, 0.15) is 44.9 Å². The molecule has 168 valence electrons. The molecule has 0 fully saturated rings. The van der Waals surface area contributed by atoms with E-state index in [0.29, 0.717) is 12.8 Å². The lowest BCUT2D eigenvalue weighted by Gasteiger charge is -2.22. The molecule has 0 aliphatic carbocycles. The number of esters is 2. The smallest absolute Gasteiger partial charge is 0.310 e. The van der Waals surface area contributed by atoms with Gasteiger partial charge in [-0.15, -0.1) is 0 Å². The van der Waals surface area contributed by atoms with Gasteiger partial charge in [-0.2, -0.15) is 0 Å². The molecule has 0 radical (unpaired) electrons. The molecule has 29 heavy (non-hydrogen) atoms. The molecule has 5 N–H and O–H groups in total. The fourth-order valence-corrected chi connectivity index (χ4v) is 1.99. The molecule has 0 heterocycles. The number of carbonyl (C=O) groups excluding carboxylic acids is 3. The second kappa shape index (κ2) is 19.2. The van der Waals surface area contributed by atoms with Gasteiger partial charge in [0.25, 0.3) is 0 Å². The largest absolute Gasteiger partial charge is 0.435 e. The lowest BCUT2D eigenvalue weighted by molar-refractivity contribution is -0.138. The molecule has 10 nitrogen and oxygen atoms in total. The third-order valence-electron chi connectivity index (χ3n) is 3.61. The number of aliphatic hydroxyl groups is 5. The summed E-state index contributed by atoms with van der Waals surface area (Å²) in [6.45, 7) is 5.85. The number of rotatable bonds is 15. The van der Waals surface area contributed by atoms with Crippen LogP contribution in [0.2, 0.25) is 0 Å². The predicted octanol–water partition coefficient (Wildman–Crippen LogP) is -0.288. The lowest BCUT2D eigenvalue weighted by atomic mass is 10.0. The minimum absolute atomic E-state index is 0.0258. The van der Waals surface area contributed by atoms with Crippen molar-refractivity contribution < 1.29 is 49.4 Å². The van der Waals surface area contributed by atoms with Crippen molar-refractivity contribution in [2.24, 2.45) is 0 Å². The normalized spacial score (nSPS) is 14.2. The quantitative estimate of drug-likeness (QED) is 0.103. The van der Waals surface area contributed by atoms with E-state index in [1.807, 2.05) is 0 Å². The number of ether oxygens (including phenoxy) is 2. The minimum Gasteiger partial charge on any atom is -0.435 e. The van der Waals surface area contributed by atoms with Gasteiger partial charge in [0.2, 0.25) is 0 Å². The van der Waals surface area contributed by atoms with Crippen molar-refractivity contribution >= 4 is 18.2 Å². The summed E-state index contributed by atoms with van der Waals surface area (Å²) >= 11 is 0. The fourth-order valence-electron chi connectivity index (χ4n) is 1.99. The van der Waals surface area contributed by atoms with E-state index in [9.17, 15) is 14.4 Å². The van der Waals surface area contributed by atoms with E-state index < -0.39 is 31.0 Å².